The van der Waals surface area contributed by atoms with Crippen LogP contribution in [0.3, 0.4) is 0 Å². The van der Waals surface area contributed by atoms with Crippen molar-refractivity contribution in [2.24, 2.45) is 0 Å². The average molecular weight is 279 g/mol. The molecule has 2 nitrogen and oxygen atoms in total. The molecule has 0 spiro atoms. The lowest BCUT2D eigenvalue weighted by atomic mass is 10.3. The molecule has 0 unspecified atom stereocenters. The maximum absolute atomic E-state index is 12.9. The summed E-state index contributed by atoms with van der Waals surface area (Å²) in [4.78, 5) is 0.644. The van der Waals surface area contributed by atoms with E-state index in [0.717, 1.165) is 17.1 Å². The molecule has 1 heterocycles. The molecule has 0 saturated heterocycles. The molecule has 0 fully saturated rings. The van der Waals surface area contributed by atoms with Gasteiger partial charge in [0.2, 0.25) is 4.47 Å². The second kappa shape index (κ2) is 5.07. The Balaban J connectivity index is 2.02. The third-order valence-electron chi connectivity index (χ3n) is 1.70. The highest BCUT2D eigenvalue weighted by molar-refractivity contribution is 7.98. The maximum atomic E-state index is 12.9. The predicted octanol–water partition coefficient (Wildman–Crippen LogP) is 3.76. The first kappa shape index (κ1) is 11.8. The number of rotatable bonds is 3. The summed E-state index contributed by atoms with van der Waals surface area (Å²) in [6.07, 6.45) is 0. The van der Waals surface area contributed by atoms with Gasteiger partial charge in [-0.15, -0.1) is 22.0 Å². The molecule has 1 aromatic heterocycles. The second-order valence-electron chi connectivity index (χ2n) is 2.81. The Labute approximate surface area is 104 Å². The number of hydrogen-bond acceptors (Lipinski definition) is 4. The fraction of sp³-hybridized carbons (Fsp3) is 0.111. The molecule has 0 atom stereocenters. The van der Waals surface area contributed by atoms with Crippen molar-refractivity contribution in [3.8, 4) is 0 Å². The fourth-order valence-corrected chi connectivity index (χ4v) is 2.78. The van der Waals surface area contributed by atoms with Gasteiger partial charge < -0.3 is 0 Å². The maximum Gasteiger partial charge on any atom is 0.207 e. The Morgan fingerprint density at radius 1 is 1.25 bits per heavy atom. The Hall–Kier alpha value is -0.720. The van der Waals surface area contributed by atoms with Gasteiger partial charge in [0.25, 0.3) is 0 Å². The van der Waals surface area contributed by atoms with E-state index in [1.54, 1.807) is 0 Å². The van der Waals surface area contributed by atoms with Gasteiger partial charge in [0.05, 0.1) is 5.75 Å². The topological polar surface area (TPSA) is 25.8 Å². The van der Waals surface area contributed by atoms with Crippen LogP contribution in [0, 0.1) is 11.6 Å². The largest absolute Gasteiger partial charge is 0.207 e. The normalized spacial score (nSPS) is 10.7. The van der Waals surface area contributed by atoms with Crippen LogP contribution in [-0.4, -0.2) is 10.2 Å². The molecule has 2 rings (SSSR count). The predicted molar refractivity (Wildman–Crippen MR) is 60.8 cm³/mol. The van der Waals surface area contributed by atoms with Crippen molar-refractivity contribution in [2.75, 3.05) is 0 Å². The van der Waals surface area contributed by atoms with E-state index in [0.29, 0.717) is 15.1 Å². The van der Waals surface area contributed by atoms with E-state index in [1.807, 2.05) is 0 Å². The molecule has 0 N–H and O–H groups in total. The lowest BCUT2D eigenvalue weighted by molar-refractivity contribution is 0.506. The highest BCUT2D eigenvalue weighted by atomic mass is 35.5. The van der Waals surface area contributed by atoms with Gasteiger partial charge in [-0.25, -0.2) is 8.78 Å². The van der Waals surface area contributed by atoms with E-state index in [2.05, 4.69) is 10.2 Å². The molecule has 0 saturated carbocycles. The monoisotopic (exact) mass is 278 g/mol. The summed E-state index contributed by atoms with van der Waals surface area (Å²) in [5, 5.41) is 8.22. The summed E-state index contributed by atoms with van der Waals surface area (Å²) in [5.41, 5.74) is 0. The summed E-state index contributed by atoms with van der Waals surface area (Å²) < 4.78 is 25.9. The van der Waals surface area contributed by atoms with Gasteiger partial charge in [0.15, 0.2) is 11.6 Å². The number of halogens is 3. The van der Waals surface area contributed by atoms with Crippen molar-refractivity contribution < 1.29 is 8.78 Å². The van der Waals surface area contributed by atoms with Gasteiger partial charge in [0, 0.05) is 4.90 Å². The van der Waals surface area contributed by atoms with Crippen molar-refractivity contribution in [3.63, 3.8) is 0 Å². The highest BCUT2D eigenvalue weighted by Gasteiger charge is 2.05. The fourth-order valence-electron chi connectivity index (χ4n) is 1.00. The Kier molecular flexibility index (Phi) is 3.73. The van der Waals surface area contributed by atoms with E-state index < -0.39 is 11.6 Å². The zero-order valence-electron chi connectivity index (χ0n) is 7.78. The van der Waals surface area contributed by atoms with Gasteiger partial charge in [-0.05, 0) is 29.8 Å². The van der Waals surface area contributed by atoms with E-state index in [1.165, 1.54) is 29.2 Å². The van der Waals surface area contributed by atoms with Crippen molar-refractivity contribution in [1.82, 2.24) is 10.2 Å². The van der Waals surface area contributed by atoms with E-state index in [9.17, 15) is 8.78 Å². The zero-order valence-corrected chi connectivity index (χ0v) is 10.2. The van der Waals surface area contributed by atoms with Crippen molar-refractivity contribution in [2.45, 2.75) is 10.6 Å². The van der Waals surface area contributed by atoms with E-state index in [4.69, 9.17) is 11.6 Å². The molecule has 0 bridgehead atoms. The third kappa shape index (κ3) is 2.90. The van der Waals surface area contributed by atoms with Gasteiger partial charge in [-0.3, -0.25) is 0 Å². The lowest BCUT2D eigenvalue weighted by Gasteiger charge is -1.99. The molecule has 84 valence electrons. The van der Waals surface area contributed by atoms with Crippen LogP contribution >= 0.6 is 34.7 Å². The minimum atomic E-state index is -0.847. The van der Waals surface area contributed by atoms with Crippen LogP contribution in [0.4, 0.5) is 8.78 Å². The summed E-state index contributed by atoms with van der Waals surface area (Å²) >= 11 is 8.24. The first-order chi connectivity index (χ1) is 7.65. The minimum Gasteiger partial charge on any atom is -0.204 e. The smallest absolute Gasteiger partial charge is 0.204 e. The van der Waals surface area contributed by atoms with E-state index >= 15 is 0 Å². The van der Waals surface area contributed by atoms with Crippen molar-refractivity contribution >= 4 is 34.7 Å². The number of nitrogens with zero attached hydrogens (tertiary/aromatic N) is 2. The molecule has 0 aliphatic rings. The first-order valence-corrected chi connectivity index (χ1v) is 6.39. The van der Waals surface area contributed by atoms with Crippen LogP contribution in [0.25, 0.3) is 0 Å². The molecule has 0 aliphatic carbocycles. The van der Waals surface area contributed by atoms with Gasteiger partial charge in [-0.2, -0.15) is 0 Å². The number of hydrogen-bond donors (Lipinski definition) is 0. The zero-order chi connectivity index (χ0) is 11.5. The lowest BCUT2D eigenvalue weighted by Crippen LogP contribution is -1.84. The summed E-state index contributed by atoms with van der Waals surface area (Å²) in [6, 6.07) is 3.78. The molecule has 0 aliphatic heterocycles. The van der Waals surface area contributed by atoms with Crippen molar-refractivity contribution in [1.29, 1.82) is 0 Å². The number of benzene rings is 1. The van der Waals surface area contributed by atoms with Gasteiger partial charge in [0.1, 0.15) is 5.01 Å². The minimum absolute atomic E-state index is 0.376. The summed E-state index contributed by atoms with van der Waals surface area (Å²) in [5.74, 6) is -1.15. The molecule has 0 amide bonds. The molecular formula is C9H5ClF2N2S2. The Morgan fingerprint density at radius 3 is 2.69 bits per heavy atom. The average Bonchev–Trinajstić information content (AvgIpc) is 2.66. The van der Waals surface area contributed by atoms with Crippen LogP contribution in [0.2, 0.25) is 4.47 Å². The molecule has 2 aromatic rings. The molecule has 1 aromatic carbocycles. The first-order valence-electron chi connectivity index (χ1n) is 4.21. The Morgan fingerprint density at radius 2 is 2.06 bits per heavy atom. The van der Waals surface area contributed by atoms with Crippen LogP contribution in [0.1, 0.15) is 5.01 Å². The van der Waals surface area contributed by atoms with Crippen LogP contribution in [-0.2, 0) is 5.75 Å². The van der Waals surface area contributed by atoms with E-state index in [-0.39, 0.29) is 0 Å². The quantitative estimate of drug-likeness (QED) is 0.800. The summed E-state index contributed by atoms with van der Waals surface area (Å²) in [7, 11) is 0. The van der Waals surface area contributed by atoms with Gasteiger partial charge >= 0.3 is 0 Å². The second-order valence-corrected chi connectivity index (χ2v) is 5.51. The van der Waals surface area contributed by atoms with Crippen molar-refractivity contribution in [3.05, 3.63) is 39.3 Å². The Bertz CT molecular complexity index is 504. The molecular weight excluding hydrogens is 274 g/mol. The molecule has 7 heteroatoms. The standard InChI is InChI=1S/C9H5ClF2N2S2/c10-9-14-13-8(16-9)4-15-5-1-2-6(11)7(12)3-5/h1-3H,4H2. The molecule has 0 radical (unpaired) electrons. The number of thioether (sulfide) groups is 1. The van der Waals surface area contributed by atoms with Crippen LogP contribution in [0.5, 0.6) is 0 Å². The number of aromatic nitrogens is 2. The SMILES string of the molecule is Fc1ccc(SCc2nnc(Cl)s2)cc1F. The molecule has 16 heavy (non-hydrogen) atoms. The van der Waals surface area contributed by atoms with Crippen LogP contribution < -0.4 is 0 Å². The summed E-state index contributed by atoms with van der Waals surface area (Å²) in [6.45, 7) is 0. The highest BCUT2D eigenvalue weighted by Crippen LogP contribution is 2.26. The third-order valence-corrected chi connectivity index (χ3v) is 3.90. The van der Waals surface area contributed by atoms with Gasteiger partial charge in [-0.1, -0.05) is 11.3 Å². The van der Waals surface area contributed by atoms with Crippen LogP contribution in [0.15, 0.2) is 23.1 Å².